The topological polar surface area (TPSA) is 69.3 Å². The Hall–Kier alpha value is -2.37. The Labute approximate surface area is 148 Å². The van der Waals surface area contributed by atoms with Crippen LogP contribution in [0.2, 0.25) is 0 Å². The minimum Gasteiger partial charge on any atom is -0.345 e. The molecule has 0 radical (unpaired) electrons. The predicted octanol–water partition coefficient (Wildman–Crippen LogP) is 2.67. The van der Waals surface area contributed by atoms with Crippen LogP contribution in [0.5, 0.6) is 0 Å². The van der Waals surface area contributed by atoms with Crippen molar-refractivity contribution in [2.75, 3.05) is 26.2 Å². The maximum absolute atomic E-state index is 12.8. The molecule has 1 fully saturated rings. The van der Waals surface area contributed by atoms with Crippen molar-refractivity contribution in [2.45, 2.75) is 33.1 Å². The van der Waals surface area contributed by atoms with Crippen LogP contribution in [-0.4, -0.2) is 57.8 Å². The number of aromatic nitrogens is 2. The molecule has 0 unspecified atom stereocenters. The first kappa shape index (κ1) is 17.5. The summed E-state index contributed by atoms with van der Waals surface area (Å²) in [4.78, 5) is 36.4. The second-order valence-corrected chi connectivity index (χ2v) is 6.62. The summed E-state index contributed by atoms with van der Waals surface area (Å²) < 4.78 is 0. The van der Waals surface area contributed by atoms with Gasteiger partial charge in [-0.25, -0.2) is 4.98 Å². The molecule has 3 rings (SSSR count). The van der Waals surface area contributed by atoms with Gasteiger partial charge in [0.1, 0.15) is 0 Å². The average molecular weight is 342 g/mol. The highest BCUT2D eigenvalue weighted by atomic mass is 16.2. The van der Waals surface area contributed by atoms with Gasteiger partial charge in [-0.1, -0.05) is 13.8 Å². The fraction of sp³-hybridized carbons (Fsp3) is 0.526. The van der Waals surface area contributed by atoms with Crippen molar-refractivity contribution in [3.63, 3.8) is 0 Å². The molecule has 25 heavy (non-hydrogen) atoms. The summed E-state index contributed by atoms with van der Waals surface area (Å²) >= 11 is 0. The van der Waals surface area contributed by atoms with Crippen LogP contribution in [0.1, 0.15) is 43.5 Å². The highest BCUT2D eigenvalue weighted by molar-refractivity contribution is 5.97. The highest BCUT2D eigenvalue weighted by Gasteiger charge is 2.26. The first-order chi connectivity index (χ1) is 12.1. The molecule has 0 aliphatic carbocycles. The standard InChI is InChI=1S/C19H26N4O2/c1-3-14(4-2)18(24)22-8-5-9-23(11-10-22)19(25)15-6-7-16-17(12-15)21-13-20-16/h6-7,12-14H,3-5,8-11H2,1-2H3,(H,20,21). The van der Waals surface area contributed by atoms with Crippen LogP contribution in [0, 0.1) is 5.92 Å². The summed E-state index contributed by atoms with van der Waals surface area (Å²) in [6, 6.07) is 5.53. The van der Waals surface area contributed by atoms with Gasteiger partial charge in [0, 0.05) is 37.7 Å². The van der Waals surface area contributed by atoms with Crippen LogP contribution < -0.4 is 0 Å². The maximum atomic E-state index is 12.8. The third-order valence-corrected chi connectivity index (χ3v) is 5.10. The van der Waals surface area contributed by atoms with E-state index in [1.165, 1.54) is 0 Å². The van der Waals surface area contributed by atoms with Gasteiger partial charge in [-0.3, -0.25) is 9.59 Å². The average Bonchev–Trinajstić information content (AvgIpc) is 2.96. The van der Waals surface area contributed by atoms with E-state index >= 15 is 0 Å². The Morgan fingerprint density at radius 3 is 2.60 bits per heavy atom. The summed E-state index contributed by atoms with van der Waals surface area (Å²) in [7, 11) is 0. The Bertz CT molecular complexity index is 751. The number of aromatic amines is 1. The van der Waals surface area contributed by atoms with Gasteiger partial charge in [0.15, 0.2) is 0 Å². The lowest BCUT2D eigenvalue weighted by molar-refractivity contribution is -0.135. The zero-order valence-electron chi connectivity index (χ0n) is 15.0. The van der Waals surface area contributed by atoms with Gasteiger partial charge < -0.3 is 14.8 Å². The predicted molar refractivity (Wildman–Crippen MR) is 97.3 cm³/mol. The summed E-state index contributed by atoms with van der Waals surface area (Å²) in [6.07, 6.45) is 4.20. The molecule has 1 aliphatic heterocycles. The smallest absolute Gasteiger partial charge is 0.253 e. The van der Waals surface area contributed by atoms with Crippen LogP contribution in [0.25, 0.3) is 11.0 Å². The molecule has 2 aromatic rings. The van der Waals surface area contributed by atoms with Gasteiger partial charge in [-0.2, -0.15) is 0 Å². The van der Waals surface area contributed by atoms with Crippen LogP contribution in [0.3, 0.4) is 0 Å². The maximum Gasteiger partial charge on any atom is 0.253 e. The number of rotatable bonds is 4. The number of nitrogens with one attached hydrogen (secondary N) is 1. The molecule has 2 amide bonds. The normalized spacial score (nSPS) is 15.6. The summed E-state index contributed by atoms with van der Waals surface area (Å²) in [5, 5.41) is 0. The van der Waals surface area contributed by atoms with E-state index in [0.717, 1.165) is 36.8 Å². The van der Waals surface area contributed by atoms with E-state index in [2.05, 4.69) is 23.8 Å². The molecule has 1 saturated heterocycles. The highest BCUT2D eigenvalue weighted by Crippen LogP contribution is 2.17. The molecule has 0 spiro atoms. The van der Waals surface area contributed by atoms with Crippen LogP contribution in [0.4, 0.5) is 0 Å². The van der Waals surface area contributed by atoms with E-state index in [0.29, 0.717) is 25.2 Å². The van der Waals surface area contributed by atoms with E-state index < -0.39 is 0 Å². The molecule has 1 aliphatic rings. The number of hydrogen-bond acceptors (Lipinski definition) is 3. The number of benzene rings is 1. The molecular weight excluding hydrogens is 316 g/mol. The van der Waals surface area contributed by atoms with Crippen LogP contribution in [0.15, 0.2) is 24.5 Å². The number of nitrogens with zero attached hydrogens (tertiary/aromatic N) is 3. The Kier molecular flexibility index (Phi) is 5.36. The van der Waals surface area contributed by atoms with Crippen molar-refractivity contribution in [2.24, 2.45) is 5.92 Å². The van der Waals surface area contributed by atoms with Crippen molar-refractivity contribution >= 4 is 22.8 Å². The van der Waals surface area contributed by atoms with E-state index in [1.54, 1.807) is 6.33 Å². The monoisotopic (exact) mass is 342 g/mol. The number of carbonyl (C=O) groups excluding carboxylic acids is 2. The van der Waals surface area contributed by atoms with Gasteiger partial charge >= 0.3 is 0 Å². The van der Waals surface area contributed by atoms with Crippen LogP contribution in [-0.2, 0) is 4.79 Å². The van der Waals surface area contributed by atoms with Crippen molar-refractivity contribution in [1.29, 1.82) is 0 Å². The first-order valence-corrected chi connectivity index (χ1v) is 9.15. The number of hydrogen-bond donors (Lipinski definition) is 1. The molecule has 0 atom stereocenters. The zero-order chi connectivity index (χ0) is 17.8. The third kappa shape index (κ3) is 3.67. The molecule has 2 heterocycles. The lowest BCUT2D eigenvalue weighted by Gasteiger charge is -2.25. The minimum atomic E-state index is 0.0216. The second-order valence-electron chi connectivity index (χ2n) is 6.62. The number of imidazole rings is 1. The fourth-order valence-corrected chi connectivity index (χ4v) is 3.49. The lowest BCUT2D eigenvalue weighted by Crippen LogP contribution is -2.39. The number of fused-ring (bicyclic) bond motifs is 1. The Morgan fingerprint density at radius 2 is 1.84 bits per heavy atom. The van der Waals surface area contributed by atoms with Gasteiger partial charge in [0.2, 0.25) is 5.91 Å². The molecule has 0 bridgehead atoms. The summed E-state index contributed by atoms with van der Waals surface area (Å²) in [6.45, 7) is 6.75. The molecule has 1 aromatic carbocycles. The third-order valence-electron chi connectivity index (χ3n) is 5.10. The summed E-state index contributed by atoms with van der Waals surface area (Å²) in [5.41, 5.74) is 2.39. The quantitative estimate of drug-likeness (QED) is 0.929. The van der Waals surface area contributed by atoms with Gasteiger partial charge in [-0.05, 0) is 37.5 Å². The Balaban J connectivity index is 1.67. The fourth-order valence-electron chi connectivity index (χ4n) is 3.49. The lowest BCUT2D eigenvalue weighted by atomic mass is 10.0. The second kappa shape index (κ2) is 7.68. The van der Waals surface area contributed by atoms with E-state index in [9.17, 15) is 9.59 Å². The minimum absolute atomic E-state index is 0.0216. The van der Waals surface area contributed by atoms with Crippen molar-refractivity contribution in [3.05, 3.63) is 30.1 Å². The molecule has 1 aromatic heterocycles. The van der Waals surface area contributed by atoms with Crippen molar-refractivity contribution in [1.82, 2.24) is 19.8 Å². The first-order valence-electron chi connectivity index (χ1n) is 9.15. The summed E-state index contributed by atoms with van der Waals surface area (Å²) in [5.74, 6) is 0.358. The van der Waals surface area contributed by atoms with E-state index in [1.807, 2.05) is 28.0 Å². The van der Waals surface area contributed by atoms with Gasteiger partial charge in [0.05, 0.1) is 17.4 Å². The zero-order valence-corrected chi connectivity index (χ0v) is 15.0. The number of carbonyl (C=O) groups is 2. The SMILES string of the molecule is CCC(CC)C(=O)N1CCCN(C(=O)c2ccc3nc[nH]c3c2)CC1. The van der Waals surface area contributed by atoms with Crippen molar-refractivity contribution < 1.29 is 9.59 Å². The van der Waals surface area contributed by atoms with Gasteiger partial charge in [0.25, 0.3) is 5.91 Å². The molecular formula is C19H26N4O2. The number of amides is 2. The molecule has 6 nitrogen and oxygen atoms in total. The number of H-pyrrole nitrogens is 1. The molecule has 134 valence electrons. The molecule has 1 N–H and O–H groups in total. The van der Waals surface area contributed by atoms with E-state index in [4.69, 9.17) is 0 Å². The van der Waals surface area contributed by atoms with Crippen LogP contribution >= 0.6 is 0 Å². The largest absolute Gasteiger partial charge is 0.345 e. The van der Waals surface area contributed by atoms with Gasteiger partial charge in [-0.15, -0.1) is 0 Å². The molecule has 6 heteroatoms. The Morgan fingerprint density at radius 1 is 1.12 bits per heavy atom. The van der Waals surface area contributed by atoms with Crippen molar-refractivity contribution in [3.8, 4) is 0 Å². The molecule has 0 saturated carbocycles. The van der Waals surface area contributed by atoms with E-state index in [-0.39, 0.29) is 17.7 Å².